The molecule has 2 fully saturated rings. The topological polar surface area (TPSA) is 55.9 Å². The van der Waals surface area contributed by atoms with E-state index in [9.17, 15) is 9.59 Å². The Morgan fingerprint density at radius 2 is 1.69 bits per heavy atom. The number of hydrogen-bond donors (Lipinski definition) is 1. The van der Waals surface area contributed by atoms with Crippen molar-refractivity contribution in [3.8, 4) is 0 Å². The maximum Gasteiger partial charge on any atom is 0.317 e. The molecule has 0 aromatic carbocycles. The first-order valence-electron chi connectivity index (χ1n) is 9.77. The lowest BCUT2D eigenvalue weighted by atomic mass is 10.2. The number of thiophene rings is 1. The maximum atomic E-state index is 12.3. The molecular weight excluding hydrogens is 348 g/mol. The van der Waals surface area contributed by atoms with Crippen molar-refractivity contribution >= 4 is 23.3 Å². The lowest BCUT2D eigenvalue weighted by Crippen LogP contribution is -2.51. The predicted molar refractivity (Wildman–Crippen MR) is 104 cm³/mol. The second kappa shape index (κ2) is 9.92. The monoisotopic (exact) mass is 378 g/mol. The van der Waals surface area contributed by atoms with E-state index in [0.29, 0.717) is 13.0 Å². The Morgan fingerprint density at radius 1 is 0.962 bits per heavy atom. The minimum absolute atomic E-state index is 0.0376. The first-order chi connectivity index (χ1) is 12.7. The molecule has 0 radical (unpaired) electrons. The van der Waals surface area contributed by atoms with E-state index in [1.807, 2.05) is 9.80 Å². The fourth-order valence-electron chi connectivity index (χ4n) is 3.60. The molecular formula is C19H30N4O2S. The fraction of sp³-hybridized carbons (Fsp3) is 0.684. The molecule has 0 aliphatic carbocycles. The van der Waals surface area contributed by atoms with Crippen LogP contribution in [0.2, 0.25) is 0 Å². The summed E-state index contributed by atoms with van der Waals surface area (Å²) < 4.78 is 0. The van der Waals surface area contributed by atoms with E-state index < -0.39 is 0 Å². The van der Waals surface area contributed by atoms with Crippen LogP contribution in [0.1, 0.15) is 37.0 Å². The number of likely N-dealkylation sites (tertiary alicyclic amines) is 1. The van der Waals surface area contributed by atoms with Gasteiger partial charge in [0.05, 0.1) is 0 Å². The summed E-state index contributed by atoms with van der Waals surface area (Å²) in [6.07, 6.45) is 5.06. The van der Waals surface area contributed by atoms with Crippen molar-refractivity contribution in [3.05, 3.63) is 22.4 Å². The number of carbonyl (C=O) groups excluding carboxylic acids is 2. The fourth-order valence-corrected chi connectivity index (χ4v) is 4.34. The third kappa shape index (κ3) is 5.71. The highest BCUT2D eigenvalue weighted by molar-refractivity contribution is 7.09. The van der Waals surface area contributed by atoms with Crippen LogP contribution in [-0.4, -0.2) is 72.5 Å². The Hall–Kier alpha value is -1.60. The highest BCUT2D eigenvalue weighted by Gasteiger charge is 2.21. The van der Waals surface area contributed by atoms with Crippen molar-refractivity contribution in [2.75, 3.05) is 45.8 Å². The van der Waals surface area contributed by atoms with Crippen LogP contribution in [0.3, 0.4) is 0 Å². The van der Waals surface area contributed by atoms with Gasteiger partial charge in [0.1, 0.15) is 0 Å². The van der Waals surface area contributed by atoms with E-state index in [1.54, 1.807) is 11.3 Å². The number of carbonyl (C=O) groups is 2. The Bertz CT molecular complexity index is 562. The van der Waals surface area contributed by atoms with Crippen LogP contribution in [0.25, 0.3) is 0 Å². The smallest absolute Gasteiger partial charge is 0.317 e. The van der Waals surface area contributed by atoms with Gasteiger partial charge in [-0.1, -0.05) is 18.9 Å². The molecule has 7 heteroatoms. The zero-order chi connectivity index (χ0) is 18.2. The van der Waals surface area contributed by atoms with Gasteiger partial charge in [-0.2, -0.15) is 0 Å². The normalized spacial score (nSPS) is 19.2. The quantitative estimate of drug-likeness (QED) is 0.856. The molecule has 0 spiro atoms. The van der Waals surface area contributed by atoms with Gasteiger partial charge < -0.3 is 15.1 Å². The van der Waals surface area contributed by atoms with E-state index in [-0.39, 0.29) is 11.9 Å². The molecule has 3 rings (SSSR count). The molecule has 6 nitrogen and oxygen atoms in total. The number of piperazine rings is 1. The molecule has 1 N–H and O–H groups in total. The van der Waals surface area contributed by atoms with Gasteiger partial charge in [-0.05, 0) is 24.3 Å². The van der Waals surface area contributed by atoms with Gasteiger partial charge in [-0.15, -0.1) is 11.3 Å². The highest BCUT2D eigenvalue weighted by atomic mass is 32.1. The van der Waals surface area contributed by atoms with Gasteiger partial charge in [-0.25, -0.2) is 4.79 Å². The molecule has 2 aliphatic heterocycles. The summed E-state index contributed by atoms with van der Waals surface area (Å²) in [7, 11) is 0. The van der Waals surface area contributed by atoms with Gasteiger partial charge in [0.15, 0.2) is 0 Å². The molecule has 0 saturated carbocycles. The summed E-state index contributed by atoms with van der Waals surface area (Å²) in [6.45, 7) is 6.45. The third-order valence-electron chi connectivity index (χ3n) is 5.19. The molecule has 2 aliphatic rings. The van der Waals surface area contributed by atoms with Crippen molar-refractivity contribution in [1.82, 2.24) is 20.0 Å². The van der Waals surface area contributed by atoms with E-state index in [1.165, 1.54) is 17.7 Å². The van der Waals surface area contributed by atoms with E-state index in [2.05, 4.69) is 27.7 Å². The van der Waals surface area contributed by atoms with Crippen LogP contribution < -0.4 is 5.32 Å². The van der Waals surface area contributed by atoms with Crippen LogP contribution in [0.5, 0.6) is 0 Å². The molecule has 1 aromatic heterocycles. The summed E-state index contributed by atoms with van der Waals surface area (Å²) in [5.74, 6) is 0.174. The molecule has 0 unspecified atom stereocenters. The second-order valence-corrected chi connectivity index (χ2v) is 8.15. The molecule has 144 valence electrons. The summed E-state index contributed by atoms with van der Waals surface area (Å²) in [6, 6.07) is 4.20. The summed E-state index contributed by atoms with van der Waals surface area (Å²) in [5, 5.41) is 5.02. The summed E-state index contributed by atoms with van der Waals surface area (Å²) >= 11 is 1.78. The maximum absolute atomic E-state index is 12.3. The number of nitrogens with one attached hydrogen (secondary N) is 1. The van der Waals surface area contributed by atoms with Gasteiger partial charge >= 0.3 is 6.03 Å². The van der Waals surface area contributed by atoms with Crippen molar-refractivity contribution in [3.63, 3.8) is 0 Å². The summed E-state index contributed by atoms with van der Waals surface area (Å²) in [5.41, 5.74) is 0. The number of amides is 3. The van der Waals surface area contributed by atoms with Crippen molar-refractivity contribution in [1.29, 1.82) is 0 Å². The Balaban J connectivity index is 1.32. The Morgan fingerprint density at radius 3 is 2.35 bits per heavy atom. The highest BCUT2D eigenvalue weighted by Crippen LogP contribution is 2.14. The summed E-state index contributed by atoms with van der Waals surface area (Å²) in [4.78, 5) is 32.1. The first kappa shape index (κ1) is 19.2. The minimum Gasteiger partial charge on any atom is -0.343 e. The molecule has 1 aromatic rings. The minimum atomic E-state index is -0.0376. The molecule has 0 bridgehead atoms. The third-order valence-corrected chi connectivity index (χ3v) is 6.05. The van der Waals surface area contributed by atoms with Gasteiger partial charge in [-0.3, -0.25) is 9.69 Å². The largest absolute Gasteiger partial charge is 0.343 e. The van der Waals surface area contributed by atoms with E-state index >= 15 is 0 Å². The zero-order valence-electron chi connectivity index (χ0n) is 15.5. The van der Waals surface area contributed by atoms with Gasteiger partial charge in [0.2, 0.25) is 5.91 Å². The lowest BCUT2D eigenvalue weighted by Gasteiger charge is -2.34. The van der Waals surface area contributed by atoms with Crippen LogP contribution in [0.15, 0.2) is 17.5 Å². The SMILES string of the molecule is O=C(CCNC(=O)N1CCN(Cc2cccs2)CC1)N1CCCCCC1. The number of rotatable bonds is 5. The molecule has 3 amide bonds. The molecule has 2 saturated heterocycles. The van der Waals surface area contributed by atoms with Crippen molar-refractivity contribution in [2.45, 2.75) is 38.6 Å². The number of nitrogens with zero attached hydrogens (tertiary/aromatic N) is 3. The second-order valence-electron chi connectivity index (χ2n) is 7.12. The Kier molecular flexibility index (Phi) is 7.32. The van der Waals surface area contributed by atoms with E-state index in [0.717, 1.165) is 58.7 Å². The van der Waals surface area contributed by atoms with Crippen LogP contribution in [0, 0.1) is 0 Å². The zero-order valence-corrected chi connectivity index (χ0v) is 16.3. The molecule has 26 heavy (non-hydrogen) atoms. The molecule has 0 atom stereocenters. The average Bonchev–Trinajstić information content (AvgIpc) is 3.01. The van der Waals surface area contributed by atoms with Gasteiger partial charge in [0, 0.05) is 63.7 Å². The predicted octanol–water partition coefficient (Wildman–Crippen LogP) is 2.37. The number of hydrogen-bond acceptors (Lipinski definition) is 4. The molecule has 3 heterocycles. The van der Waals surface area contributed by atoms with Crippen LogP contribution >= 0.6 is 11.3 Å². The van der Waals surface area contributed by atoms with Gasteiger partial charge in [0.25, 0.3) is 0 Å². The van der Waals surface area contributed by atoms with Crippen LogP contribution in [0.4, 0.5) is 4.79 Å². The standard InChI is InChI=1S/C19H30N4O2S/c24-18(22-9-3-1-2-4-10-22)7-8-20-19(25)23-13-11-21(12-14-23)16-17-6-5-15-26-17/h5-6,15H,1-4,7-14,16H2,(H,20,25). The Labute approximate surface area is 160 Å². The lowest BCUT2D eigenvalue weighted by molar-refractivity contribution is -0.131. The van der Waals surface area contributed by atoms with Crippen molar-refractivity contribution < 1.29 is 9.59 Å². The first-order valence-corrected chi connectivity index (χ1v) is 10.7. The van der Waals surface area contributed by atoms with E-state index in [4.69, 9.17) is 0 Å². The van der Waals surface area contributed by atoms with Crippen LogP contribution in [-0.2, 0) is 11.3 Å². The number of urea groups is 1. The van der Waals surface area contributed by atoms with Crippen molar-refractivity contribution in [2.24, 2.45) is 0 Å². The average molecular weight is 379 g/mol.